The number of benzene rings is 1. The molecule has 0 fully saturated rings. The van der Waals surface area contributed by atoms with Crippen molar-refractivity contribution in [3.63, 3.8) is 0 Å². The van der Waals surface area contributed by atoms with Gasteiger partial charge in [-0.2, -0.15) is 0 Å². The first-order chi connectivity index (χ1) is 8.98. The summed E-state index contributed by atoms with van der Waals surface area (Å²) in [4.78, 5) is 2.39. The quantitative estimate of drug-likeness (QED) is 0.816. The maximum absolute atomic E-state index is 5.99. The summed E-state index contributed by atoms with van der Waals surface area (Å²) in [5, 5.41) is 0.789. The van der Waals surface area contributed by atoms with Gasteiger partial charge in [0.1, 0.15) is 0 Å². The van der Waals surface area contributed by atoms with Crippen molar-refractivity contribution < 1.29 is 0 Å². The summed E-state index contributed by atoms with van der Waals surface area (Å²) in [5.41, 5.74) is 7.52. The average molecular weight is 283 g/mol. The van der Waals surface area contributed by atoms with Crippen LogP contribution in [-0.2, 0) is 0 Å². The highest BCUT2D eigenvalue weighted by Crippen LogP contribution is 2.29. The summed E-state index contributed by atoms with van der Waals surface area (Å²) in [6.45, 7) is 8.47. The molecule has 0 radical (unpaired) electrons. The molecule has 2 N–H and O–H groups in total. The van der Waals surface area contributed by atoms with Crippen LogP contribution in [-0.4, -0.2) is 25.0 Å². The molecule has 0 aliphatic carbocycles. The minimum atomic E-state index is 0.232. The third-order valence-corrected chi connectivity index (χ3v) is 4.78. The van der Waals surface area contributed by atoms with E-state index < -0.39 is 0 Å². The molecular weight excluding hydrogens is 256 g/mol. The first kappa shape index (κ1) is 16.5. The van der Waals surface area contributed by atoms with Crippen molar-refractivity contribution in [1.29, 1.82) is 0 Å². The van der Waals surface area contributed by atoms with Crippen LogP contribution in [0, 0.1) is 5.41 Å². The second-order valence-electron chi connectivity index (χ2n) is 5.55. The summed E-state index contributed by atoms with van der Waals surface area (Å²) in [5.74, 6) is 0. The molecule has 1 atom stereocenters. The van der Waals surface area contributed by atoms with Crippen molar-refractivity contribution in [3.05, 3.63) is 34.9 Å². The van der Waals surface area contributed by atoms with Gasteiger partial charge < -0.3 is 5.73 Å². The fourth-order valence-corrected chi connectivity index (χ4v) is 2.61. The van der Waals surface area contributed by atoms with Gasteiger partial charge in [-0.25, -0.2) is 0 Å². The Morgan fingerprint density at radius 3 is 2.16 bits per heavy atom. The first-order valence-corrected chi connectivity index (χ1v) is 7.51. The van der Waals surface area contributed by atoms with Crippen molar-refractivity contribution in [2.75, 3.05) is 20.1 Å². The largest absolute Gasteiger partial charge is 0.330 e. The summed E-state index contributed by atoms with van der Waals surface area (Å²) < 4.78 is 0. The zero-order chi connectivity index (χ0) is 14.5. The number of rotatable bonds is 7. The lowest BCUT2D eigenvalue weighted by Gasteiger charge is -2.37. The van der Waals surface area contributed by atoms with Gasteiger partial charge in [0.2, 0.25) is 0 Å². The van der Waals surface area contributed by atoms with Crippen LogP contribution < -0.4 is 5.73 Å². The Morgan fingerprint density at radius 1 is 1.21 bits per heavy atom. The normalized spacial score (nSPS) is 13.8. The van der Waals surface area contributed by atoms with E-state index >= 15 is 0 Å². The number of halogens is 1. The maximum Gasteiger partial charge on any atom is 0.0406 e. The molecule has 3 heteroatoms. The third kappa shape index (κ3) is 4.20. The van der Waals surface area contributed by atoms with E-state index in [2.05, 4.69) is 44.9 Å². The molecule has 0 amide bonds. The Hall–Kier alpha value is -0.570. The van der Waals surface area contributed by atoms with Crippen LogP contribution in [0.3, 0.4) is 0 Å². The SMILES string of the molecule is CCC(CC)(CN)CN(C)C(C)c1ccc(Cl)cc1. The van der Waals surface area contributed by atoms with Crippen molar-refractivity contribution >= 4 is 11.6 Å². The second-order valence-corrected chi connectivity index (χ2v) is 5.99. The fourth-order valence-electron chi connectivity index (χ4n) is 2.49. The van der Waals surface area contributed by atoms with Crippen LogP contribution in [0.25, 0.3) is 0 Å². The summed E-state index contributed by atoms with van der Waals surface area (Å²) in [6, 6.07) is 8.49. The predicted molar refractivity (Wildman–Crippen MR) is 84.6 cm³/mol. The van der Waals surface area contributed by atoms with Gasteiger partial charge in [0.25, 0.3) is 0 Å². The van der Waals surface area contributed by atoms with Gasteiger partial charge >= 0.3 is 0 Å². The highest BCUT2D eigenvalue weighted by Gasteiger charge is 2.27. The molecule has 0 spiro atoms. The van der Waals surface area contributed by atoms with E-state index in [1.807, 2.05) is 12.1 Å². The molecule has 19 heavy (non-hydrogen) atoms. The zero-order valence-corrected chi connectivity index (χ0v) is 13.4. The molecule has 0 saturated carbocycles. The molecule has 0 bridgehead atoms. The lowest BCUT2D eigenvalue weighted by Crippen LogP contribution is -2.41. The molecule has 0 aromatic heterocycles. The molecule has 1 aromatic rings. The van der Waals surface area contributed by atoms with E-state index in [9.17, 15) is 0 Å². The van der Waals surface area contributed by atoms with Crippen LogP contribution in [0.15, 0.2) is 24.3 Å². The van der Waals surface area contributed by atoms with E-state index in [1.165, 1.54) is 5.56 Å². The first-order valence-electron chi connectivity index (χ1n) is 7.13. The average Bonchev–Trinajstić information content (AvgIpc) is 2.45. The monoisotopic (exact) mass is 282 g/mol. The molecular formula is C16H27ClN2. The van der Waals surface area contributed by atoms with E-state index in [-0.39, 0.29) is 5.41 Å². The fraction of sp³-hybridized carbons (Fsp3) is 0.625. The zero-order valence-electron chi connectivity index (χ0n) is 12.6. The van der Waals surface area contributed by atoms with Gasteiger partial charge in [0.05, 0.1) is 0 Å². The highest BCUT2D eigenvalue weighted by atomic mass is 35.5. The maximum atomic E-state index is 5.99. The van der Waals surface area contributed by atoms with Crippen molar-refractivity contribution in [1.82, 2.24) is 4.90 Å². The lowest BCUT2D eigenvalue weighted by atomic mass is 9.81. The van der Waals surface area contributed by atoms with Crippen molar-refractivity contribution in [2.45, 2.75) is 39.7 Å². The van der Waals surface area contributed by atoms with E-state index in [1.54, 1.807) is 0 Å². The Kier molecular flexibility index (Phi) is 6.31. The van der Waals surface area contributed by atoms with E-state index in [0.29, 0.717) is 6.04 Å². The van der Waals surface area contributed by atoms with Crippen molar-refractivity contribution in [2.24, 2.45) is 11.1 Å². The summed E-state index contributed by atoms with van der Waals surface area (Å²) >= 11 is 5.94. The predicted octanol–water partition coefficient (Wildman–Crippen LogP) is 4.10. The highest BCUT2D eigenvalue weighted by molar-refractivity contribution is 6.30. The molecule has 0 aliphatic rings. The molecule has 0 saturated heterocycles. The van der Waals surface area contributed by atoms with Crippen LogP contribution in [0.5, 0.6) is 0 Å². The smallest absolute Gasteiger partial charge is 0.0406 e. The Morgan fingerprint density at radius 2 is 1.74 bits per heavy atom. The number of hydrogen-bond acceptors (Lipinski definition) is 2. The van der Waals surface area contributed by atoms with Crippen LogP contribution in [0.1, 0.15) is 45.2 Å². The van der Waals surface area contributed by atoms with Crippen molar-refractivity contribution in [3.8, 4) is 0 Å². The Balaban J connectivity index is 2.76. The summed E-state index contributed by atoms with van der Waals surface area (Å²) in [6.07, 6.45) is 2.25. The molecule has 1 unspecified atom stereocenters. The van der Waals surface area contributed by atoms with Gasteiger partial charge in [0.15, 0.2) is 0 Å². The van der Waals surface area contributed by atoms with Gasteiger partial charge in [-0.1, -0.05) is 37.6 Å². The van der Waals surface area contributed by atoms with Crippen LogP contribution in [0.4, 0.5) is 0 Å². The Bertz CT molecular complexity index is 363. The molecule has 0 heterocycles. The Labute approximate surface area is 122 Å². The molecule has 108 valence electrons. The van der Waals surface area contributed by atoms with Gasteiger partial charge in [0, 0.05) is 17.6 Å². The van der Waals surface area contributed by atoms with Gasteiger partial charge in [-0.05, 0) is 56.5 Å². The topological polar surface area (TPSA) is 29.3 Å². The molecule has 2 nitrogen and oxygen atoms in total. The van der Waals surface area contributed by atoms with Crippen LogP contribution in [0.2, 0.25) is 5.02 Å². The minimum Gasteiger partial charge on any atom is -0.330 e. The van der Waals surface area contributed by atoms with Crippen LogP contribution >= 0.6 is 11.6 Å². The molecule has 1 aromatic carbocycles. The number of nitrogens with two attached hydrogens (primary N) is 1. The number of nitrogens with zero attached hydrogens (tertiary/aromatic N) is 1. The standard InChI is InChI=1S/C16H27ClN2/c1-5-16(6-2,11-18)12-19(4)13(3)14-7-9-15(17)10-8-14/h7-10,13H,5-6,11-12,18H2,1-4H3. The van der Waals surface area contributed by atoms with Gasteiger partial charge in [-0.15, -0.1) is 0 Å². The minimum absolute atomic E-state index is 0.232. The van der Waals surface area contributed by atoms with Gasteiger partial charge in [-0.3, -0.25) is 4.90 Å². The number of hydrogen-bond donors (Lipinski definition) is 1. The molecule has 0 aliphatic heterocycles. The van der Waals surface area contributed by atoms with E-state index in [4.69, 9.17) is 17.3 Å². The molecule has 1 rings (SSSR count). The second kappa shape index (κ2) is 7.28. The lowest BCUT2D eigenvalue weighted by molar-refractivity contribution is 0.136. The summed E-state index contributed by atoms with van der Waals surface area (Å²) in [7, 11) is 2.18. The third-order valence-electron chi connectivity index (χ3n) is 4.53. The van der Waals surface area contributed by atoms with E-state index in [0.717, 1.165) is 31.0 Å².